The molecular formula is C29H28O9. The van der Waals surface area contributed by atoms with Gasteiger partial charge < -0.3 is 28.4 Å². The molecule has 9 nitrogen and oxygen atoms in total. The number of ether oxygens (including phenoxy) is 6. The van der Waals surface area contributed by atoms with E-state index in [1.165, 1.54) is 14.2 Å². The Morgan fingerprint density at radius 2 is 1.05 bits per heavy atom. The van der Waals surface area contributed by atoms with Gasteiger partial charge in [-0.1, -0.05) is 54.6 Å². The van der Waals surface area contributed by atoms with E-state index in [1.807, 2.05) is 0 Å². The van der Waals surface area contributed by atoms with Crippen LogP contribution in [-0.4, -0.2) is 69.4 Å². The molecule has 1 saturated heterocycles. The van der Waals surface area contributed by atoms with E-state index in [0.29, 0.717) is 11.1 Å². The number of carbonyl (C=O) groups is 3. The van der Waals surface area contributed by atoms with Gasteiger partial charge in [0.15, 0.2) is 18.5 Å². The minimum absolute atomic E-state index is 0.281. The molecule has 0 amide bonds. The number of benzene rings is 3. The molecule has 3 aromatic rings. The fourth-order valence-electron chi connectivity index (χ4n) is 4.07. The molecule has 198 valence electrons. The third-order valence-electron chi connectivity index (χ3n) is 5.99. The maximum Gasteiger partial charge on any atom is 0.338 e. The zero-order chi connectivity index (χ0) is 26.9. The zero-order valence-corrected chi connectivity index (χ0v) is 20.9. The lowest BCUT2D eigenvalue weighted by Crippen LogP contribution is -2.62. The minimum atomic E-state index is -1.20. The smallest absolute Gasteiger partial charge is 0.338 e. The van der Waals surface area contributed by atoms with Crippen molar-refractivity contribution in [2.45, 2.75) is 30.7 Å². The molecule has 1 aliphatic heterocycles. The predicted molar refractivity (Wildman–Crippen MR) is 134 cm³/mol. The van der Waals surface area contributed by atoms with Crippen molar-refractivity contribution in [2.24, 2.45) is 0 Å². The van der Waals surface area contributed by atoms with Crippen LogP contribution in [0.3, 0.4) is 0 Å². The Morgan fingerprint density at radius 1 is 0.605 bits per heavy atom. The highest BCUT2D eigenvalue weighted by molar-refractivity contribution is 5.90. The third kappa shape index (κ3) is 6.44. The van der Waals surface area contributed by atoms with Crippen LogP contribution in [0.4, 0.5) is 0 Å². The average Bonchev–Trinajstić information content (AvgIpc) is 2.98. The van der Waals surface area contributed by atoms with Crippen LogP contribution in [0.2, 0.25) is 0 Å². The molecule has 4 rings (SSSR count). The fourth-order valence-corrected chi connectivity index (χ4v) is 4.07. The van der Waals surface area contributed by atoms with Crippen molar-refractivity contribution in [3.8, 4) is 0 Å². The maximum absolute atomic E-state index is 13.1. The summed E-state index contributed by atoms with van der Waals surface area (Å²) in [6, 6.07) is 25.1. The number of carbonyl (C=O) groups excluding carboxylic acids is 3. The third-order valence-corrected chi connectivity index (χ3v) is 5.99. The first kappa shape index (κ1) is 27.0. The first-order valence-corrected chi connectivity index (χ1v) is 12.0. The van der Waals surface area contributed by atoms with Gasteiger partial charge in [-0.2, -0.15) is 0 Å². The number of hydrogen-bond acceptors (Lipinski definition) is 9. The van der Waals surface area contributed by atoms with Gasteiger partial charge in [-0.3, -0.25) is 0 Å². The van der Waals surface area contributed by atoms with Crippen molar-refractivity contribution >= 4 is 17.9 Å². The molecule has 0 radical (unpaired) electrons. The lowest BCUT2D eigenvalue weighted by Gasteiger charge is -2.44. The fraction of sp³-hybridized carbons (Fsp3) is 0.276. The van der Waals surface area contributed by atoms with E-state index >= 15 is 0 Å². The van der Waals surface area contributed by atoms with Crippen LogP contribution in [0.1, 0.15) is 31.1 Å². The Balaban J connectivity index is 1.63. The normalized spacial score (nSPS) is 22.7. The molecular weight excluding hydrogens is 492 g/mol. The van der Waals surface area contributed by atoms with E-state index in [0.717, 1.165) is 0 Å². The largest absolute Gasteiger partial charge is 0.459 e. The van der Waals surface area contributed by atoms with E-state index < -0.39 is 48.6 Å². The van der Waals surface area contributed by atoms with Crippen molar-refractivity contribution in [1.82, 2.24) is 0 Å². The van der Waals surface area contributed by atoms with Crippen molar-refractivity contribution < 1.29 is 42.8 Å². The number of hydrogen-bond donors (Lipinski definition) is 0. The molecule has 0 N–H and O–H groups in total. The molecule has 0 bridgehead atoms. The van der Waals surface area contributed by atoms with Crippen molar-refractivity contribution in [1.29, 1.82) is 0 Å². The second-order valence-corrected chi connectivity index (χ2v) is 8.42. The van der Waals surface area contributed by atoms with E-state index in [-0.39, 0.29) is 12.2 Å². The second kappa shape index (κ2) is 13.0. The molecule has 9 heteroatoms. The van der Waals surface area contributed by atoms with E-state index in [9.17, 15) is 14.4 Å². The molecule has 1 aliphatic rings. The van der Waals surface area contributed by atoms with E-state index in [4.69, 9.17) is 28.4 Å². The lowest BCUT2D eigenvalue weighted by atomic mass is 9.98. The van der Waals surface area contributed by atoms with Crippen LogP contribution in [0, 0.1) is 0 Å². The highest BCUT2D eigenvalue weighted by Gasteiger charge is 2.51. The summed E-state index contributed by atoms with van der Waals surface area (Å²) in [5.74, 6) is -1.93. The van der Waals surface area contributed by atoms with Crippen molar-refractivity contribution in [2.75, 3.05) is 20.8 Å². The summed E-state index contributed by atoms with van der Waals surface area (Å²) in [5, 5.41) is 0. The Kier molecular flexibility index (Phi) is 9.21. The Labute approximate surface area is 220 Å². The summed E-state index contributed by atoms with van der Waals surface area (Å²) in [6.07, 6.45) is -5.36. The molecule has 5 atom stereocenters. The monoisotopic (exact) mass is 520 g/mol. The predicted octanol–water partition coefficient (Wildman–Crippen LogP) is 3.68. The summed E-state index contributed by atoms with van der Waals surface area (Å²) in [7, 11) is 2.80. The van der Waals surface area contributed by atoms with Gasteiger partial charge in [-0.05, 0) is 36.4 Å². The standard InChI is InChI=1S/C29H28O9/c1-33-25-24(38-28(32)21-16-10-5-11-17-21)23(37-27(31)20-14-8-4-9-15-20)22(36-29(25)34-2)18-35-26(30)19-12-6-3-7-13-19/h3-17,22-25,29H,18H2,1-2H3/t22-,23+,24+,25-,29+/m1/s1. The van der Waals surface area contributed by atoms with Crippen LogP contribution in [0.15, 0.2) is 91.0 Å². The topological polar surface area (TPSA) is 107 Å². The zero-order valence-electron chi connectivity index (χ0n) is 20.9. The van der Waals surface area contributed by atoms with Gasteiger partial charge in [0, 0.05) is 14.2 Å². The van der Waals surface area contributed by atoms with Crippen LogP contribution < -0.4 is 0 Å². The summed E-state index contributed by atoms with van der Waals surface area (Å²) in [5.41, 5.74) is 0.915. The van der Waals surface area contributed by atoms with Crippen LogP contribution in [-0.2, 0) is 28.4 Å². The van der Waals surface area contributed by atoms with Gasteiger partial charge in [0.2, 0.25) is 0 Å². The van der Waals surface area contributed by atoms with Crippen LogP contribution in [0.5, 0.6) is 0 Å². The van der Waals surface area contributed by atoms with Gasteiger partial charge in [-0.25, -0.2) is 14.4 Å². The van der Waals surface area contributed by atoms with Gasteiger partial charge in [0.05, 0.1) is 16.7 Å². The number of methoxy groups -OCH3 is 2. The molecule has 1 heterocycles. The summed E-state index contributed by atoms with van der Waals surface area (Å²) >= 11 is 0. The van der Waals surface area contributed by atoms with Gasteiger partial charge >= 0.3 is 17.9 Å². The molecule has 0 aromatic heterocycles. The molecule has 0 aliphatic carbocycles. The van der Waals surface area contributed by atoms with Gasteiger partial charge in [0.1, 0.15) is 18.8 Å². The Hall–Kier alpha value is -4.05. The summed E-state index contributed by atoms with van der Waals surface area (Å²) in [4.78, 5) is 38.7. The van der Waals surface area contributed by atoms with Gasteiger partial charge in [-0.15, -0.1) is 0 Å². The van der Waals surface area contributed by atoms with Crippen LogP contribution >= 0.6 is 0 Å². The molecule has 0 spiro atoms. The number of esters is 3. The van der Waals surface area contributed by atoms with E-state index in [2.05, 4.69) is 0 Å². The summed E-state index contributed by atoms with van der Waals surface area (Å²) in [6.45, 7) is -0.309. The minimum Gasteiger partial charge on any atom is -0.459 e. The first-order chi connectivity index (χ1) is 18.5. The van der Waals surface area contributed by atoms with Crippen molar-refractivity contribution in [3.63, 3.8) is 0 Å². The highest BCUT2D eigenvalue weighted by Crippen LogP contribution is 2.30. The molecule has 38 heavy (non-hydrogen) atoms. The lowest BCUT2D eigenvalue weighted by molar-refractivity contribution is -0.297. The average molecular weight is 521 g/mol. The highest BCUT2D eigenvalue weighted by atomic mass is 16.7. The quantitative estimate of drug-likeness (QED) is 0.308. The molecule has 0 unspecified atom stereocenters. The van der Waals surface area contributed by atoms with Crippen LogP contribution in [0.25, 0.3) is 0 Å². The van der Waals surface area contributed by atoms with E-state index in [1.54, 1.807) is 91.0 Å². The molecule has 0 saturated carbocycles. The number of rotatable bonds is 9. The Morgan fingerprint density at radius 3 is 1.50 bits per heavy atom. The molecule has 3 aromatic carbocycles. The van der Waals surface area contributed by atoms with Crippen molar-refractivity contribution in [3.05, 3.63) is 108 Å². The Bertz CT molecular complexity index is 1200. The second-order valence-electron chi connectivity index (χ2n) is 8.42. The molecule has 1 fully saturated rings. The first-order valence-electron chi connectivity index (χ1n) is 12.0. The SMILES string of the molecule is CO[C@H]1O[C@H](COC(=O)c2ccccc2)[C@H](OC(=O)c2ccccc2)[C@H](OC(=O)c2ccccc2)[C@H]1OC. The summed E-state index contributed by atoms with van der Waals surface area (Å²) < 4.78 is 34.2. The maximum atomic E-state index is 13.1. The van der Waals surface area contributed by atoms with Gasteiger partial charge in [0.25, 0.3) is 0 Å².